The zero-order valence-corrected chi connectivity index (χ0v) is 15.0. The van der Waals surface area contributed by atoms with Gasteiger partial charge in [-0.1, -0.05) is 37.2 Å². The van der Waals surface area contributed by atoms with Gasteiger partial charge in [0.2, 0.25) is 5.89 Å². The van der Waals surface area contributed by atoms with Gasteiger partial charge in [0.1, 0.15) is 6.04 Å². The maximum Gasteiger partial charge on any atom is 0.260 e. The maximum absolute atomic E-state index is 13.2. The third-order valence-electron chi connectivity index (χ3n) is 4.61. The molecule has 3 heterocycles. The Hall–Kier alpha value is -3.02. The Morgan fingerprint density at radius 2 is 2.04 bits per heavy atom. The molecule has 0 fully saturated rings. The van der Waals surface area contributed by atoms with E-state index in [2.05, 4.69) is 15.1 Å². The minimum absolute atomic E-state index is 0.114. The van der Waals surface area contributed by atoms with Crippen LogP contribution in [0.25, 0.3) is 0 Å². The van der Waals surface area contributed by atoms with E-state index >= 15 is 0 Å². The predicted molar refractivity (Wildman–Crippen MR) is 97.1 cm³/mol. The highest BCUT2D eigenvalue weighted by molar-refractivity contribution is 6.07. The minimum atomic E-state index is -0.304. The van der Waals surface area contributed by atoms with Gasteiger partial charge < -0.3 is 4.52 Å². The Kier molecular flexibility index (Phi) is 4.03. The molecule has 132 valence electrons. The van der Waals surface area contributed by atoms with Gasteiger partial charge in [-0.05, 0) is 30.7 Å². The van der Waals surface area contributed by atoms with Crippen molar-refractivity contribution in [1.82, 2.24) is 15.1 Å². The van der Waals surface area contributed by atoms with E-state index in [1.165, 1.54) is 0 Å². The number of nitrogens with zero attached hydrogens (tertiary/aromatic N) is 4. The fourth-order valence-electron chi connectivity index (χ4n) is 3.19. The van der Waals surface area contributed by atoms with E-state index in [0.717, 1.165) is 16.9 Å². The van der Waals surface area contributed by atoms with E-state index in [0.29, 0.717) is 23.7 Å². The van der Waals surface area contributed by atoms with Gasteiger partial charge in [0.05, 0.1) is 5.56 Å². The monoisotopic (exact) mass is 348 g/mol. The number of amides is 1. The molecular weight excluding hydrogens is 328 g/mol. The van der Waals surface area contributed by atoms with E-state index < -0.39 is 0 Å². The Morgan fingerprint density at radius 1 is 1.23 bits per heavy atom. The number of rotatable bonds is 3. The quantitative estimate of drug-likeness (QED) is 0.719. The summed E-state index contributed by atoms with van der Waals surface area (Å²) in [5, 5.41) is 4.06. The van der Waals surface area contributed by atoms with Crippen LogP contribution in [-0.2, 0) is 6.42 Å². The normalized spacial score (nSPS) is 16.2. The molecule has 1 amide bonds. The first-order valence-corrected chi connectivity index (χ1v) is 8.72. The van der Waals surface area contributed by atoms with Crippen LogP contribution in [0.4, 0.5) is 5.69 Å². The highest BCUT2D eigenvalue weighted by Crippen LogP contribution is 2.40. The van der Waals surface area contributed by atoms with Crippen LogP contribution in [0.5, 0.6) is 0 Å². The van der Waals surface area contributed by atoms with Crippen molar-refractivity contribution in [2.75, 3.05) is 4.90 Å². The Labute approximate surface area is 151 Å². The van der Waals surface area contributed by atoms with Gasteiger partial charge >= 0.3 is 0 Å². The molecule has 0 saturated carbocycles. The van der Waals surface area contributed by atoms with Crippen LogP contribution in [0.15, 0.2) is 47.1 Å². The van der Waals surface area contributed by atoms with Crippen molar-refractivity contribution in [2.24, 2.45) is 0 Å². The summed E-state index contributed by atoms with van der Waals surface area (Å²) in [6, 6.07) is 11.2. The molecule has 1 aliphatic heterocycles. The smallest absolute Gasteiger partial charge is 0.260 e. The number of aromatic nitrogens is 3. The fourth-order valence-corrected chi connectivity index (χ4v) is 3.19. The summed E-state index contributed by atoms with van der Waals surface area (Å²) < 4.78 is 5.51. The molecule has 6 nitrogen and oxygen atoms in total. The average Bonchev–Trinajstić information content (AvgIpc) is 3.26. The summed E-state index contributed by atoms with van der Waals surface area (Å²) in [5.74, 6) is 1.18. The van der Waals surface area contributed by atoms with Crippen molar-refractivity contribution >= 4 is 11.6 Å². The molecule has 2 aromatic heterocycles. The number of anilines is 1. The summed E-state index contributed by atoms with van der Waals surface area (Å²) in [6.07, 6.45) is 2.27. The molecule has 0 N–H and O–H groups in total. The third kappa shape index (κ3) is 2.77. The van der Waals surface area contributed by atoms with Crippen LogP contribution in [-0.4, -0.2) is 21.0 Å². The summed E-state index contributed by atoms with van der Waals surface area (Å²) >= 11 is 0. The number of benzene rings is 1. The topological polar surface area (TPSA) is 72.1 Å². The molecule has 26 heavy (non-hydrogen) atoms. The van der Waals surface area contributed by atoms with Gasteiger partial charge in [-0.3, -0.25) is 14.7 Å². The van der Waals surface area contributed by atoms with E-state index in [4.69, 9.17) is 4.52 Å². The molecule has 0 saturated heterocycles. The molecular formula is C20H20N4O2. The van der Waals surface area contributed by atoms with Gasteiger partial charge in [-0.15, -0.1) is 0 Å². The lowest BCUT2D eigenvalue weighted by molar-refractivity contribution is 0.0974. The number of para-hydroxylation sites is 1. The largest absolute Gasteiger partial charge is 0.337 e. The zero-order valence-electron chi connectivity index (χ0n) is 15.0. The molecule has 1 aliphatic rings. The summed E-state index contributed by atoms with van der Waals surface area (Å²) in [7, 11) is 0. The molecule has 0 bridgehead atoms. The van der Waals surface area contributed by atoms with Crippen molar-refractivity contribution in [3.63, 3.8) is 0 Å². The van der Waals surface area contributed by atoms with Gasteiger partial charge in [0, 0.05) is 29.9 Å². The van der Waals surface area contributed by atoms with E-state index in [1.807, 2.05) is 51.1 Å². The second kappa shape index (κ2) is 6.37. The van der Waals surface area contributed by atoms with Gasteiger partial charge in [0.15, 0.2) is 5.82 Å². The number of hydrogen-bond donors (Lipinski definition) is 0. The lowest BCUT2D eigenvalue weighted by Crippen LogP contribution is -2.32. The number of hydrogen-bond acceptors (Lipinski definition) is 5. The SMILES string of the molecule is Cc1ccc(C(=O)N2c3ccccc3CC2c2nc(C(C)C)no2)cn1. The molecule has 0 spiro atoms. The molecule has 4 rings (SSSR count). The van der Waals surface area contributed by atoms with Crippen LogP contribution in [0, 0.1) is 6.92 Å². The Morgan fingerprint density at radius 3 is 2.73 bits per heavy atom. The van der Waals surface area contributed by atoms with Crippen molar-refractivity contribution < 1.29 is 9.32 Å². The first kappa shape index (κ1) is 16.4. The van der Waals surface area contributed by atoms with Crippen molar-refractivity contribution in [3.8, 4) is 0 Å². The number of carbonyl (C=O) groups excluding carboxylic acids is 1. The van der Waals surface area contributed by atoms with E-state index in [1.54, 1.807) is 17.2 Å². The van der Waals surface area contributed by atoms with E-state index in [9.17, 15) is 4.79 Å². The lowest BCUT2D eigenvalue weighted by Gasteiger charge is -2.23. The van der Waals surface area contributed by atoms with Crippen molar-refractivity contribution in [1.29, 1.82) is 0 Å². The molecule has 0 radical (unpaired) electrons. The van der Waals surface area contributed by atoms with Crippen LogP contribution in [0.3, 0.4) is 0 Å². The van der Waals surface area contributed by atoms with Crippen LogP contribution >= 0.6 is 0 Å². The summed E-state index contributed by atoms with van der Waals surface area (Å²) in [6.45, 7) is 5.92. The number of fused-ring (bicyclic) bond motifs is 1. The van der Waals surface area contributed by atoms with Crippen LogP contribution < -0.4 is 4.90 Å². The lowest BCUT2D eigenvalue weighted by atomic mass is 10.1. The second-order valence-electron chi connectivity index (χ2n) is 6.86. The minimum Gasteiger partial charge on any atom is -0.337 e. The fraction of sp³-hybridized carbons (Fsp3) is 0.300. The van der Waals surface area contributed by atoms with Crippen LogP contribution in [0.2, 0.25) is 0 Å². The molecule has 1 aromatic carbocycles. The Balaban J connectivity index is 1.76. The molecule has 6 heteroatoms. The number of aryl methyl sites for hydroxylation is 1. The second-order valence-corrected chi connectivity index (χ2v) is 6.86. The van der Waals surface area contributed by atoms with Crippen molar-refractivity contribution in [3.05, 3.63) is 71.1 Å². The van der Waals surface area contributed by atoms with Crippen LogP contribution in [0.1, 0.15) is 59.1 Å². The number of pyridine rings is 1. The van der Waals surface area contributed by atoms with Gasteiger partial charge in [0.25, 0.3) is 5.91 Å². The summed E-state index contributed by atoms with van der Waals surface area (Å²) in [5.41, 5.74) is 3.39. The zero-order chi connectivity index (χ0) is 18.3. The van der Waals surface area contributed by atoms with E-state index in [-0.39, 0.29) is 17.9 Å². The first-order valence-electron chi connectivity index (χ1n) is 8.72. The average molecular weight is 348 g/mol. The molecule has 1 atom stereocenters. The van der Waals surface area contributed by atoms with Crippen molar-refractivity contribution in [2.45, 2.75) is 39.2 Å². The molecule has 0 aliphatic carbocycles. The standard InChI is InChI=1S/C20H20N4O2/c1-12(2)18-22-19(26-23-18)17-10-14-6-4-5-7-16(14)24(17)20(25)15-9-8-13(3)21-11-15/h4-9,11-12,17H,10H2,1-3H3. The highest BCUT2D eigenvalue weighted by Gasteiger charge is 2.38. The number of carbonyl (C=O) groups is 1. The van der Waals surface area contributed by atoms with Gasteiger partial charge in [-0.25, -0.2) is 0 Å². The van der Waals surface area contributed by atoms with Gasteiger partial charge in [-0.2, -0.15) is 4.98 Å². The first-order chi connectivity index (χ1) is 12.5. The highest BCUT2D eigenvalue weighted by atomic mass is 16.5. The molecule has 1 unspecified atom stereocenters. The third-order valence-corrected chi connectivity index (χ3v) is 4.61. The Bertz CT molecular complexity index is 946. The summed E-state index contributed by atoms with van der Waals surface area (Å²) in [4.78, 5) is 23.8. The predicted octanol–water partition coefficient (Wildman–Crippen LogP) is 3.84. The maximum atomic E-state index is 13.2. The molecule has 3 aromatic rings.